The number of aromatic amines is 1. The van der Waals surface area contributed by atoms with Gasteiger partial charge in [-0.2, -0.15) is 5.10 Å². The van der Waals surface area contributed by atoms with Crippen LogP contribution in [0.2, 0.25) is 0 Å². The fourth-order valence-electron chi connectivity index (χ4n) is 1.72. The number of aromatic nitrogens is 2. The first kappa shape index (κ1) is 12.1. The summed E-state index contributed by atoms with van der Waals surface area (Å²) >= 11 is 0. The lowest BCUT2D eigenvalue weighted by Gasteiger charge is -2.26. The number of hydrogen-bond donors (Lipinski definition) is 3. The summed E-state index contributed by atoms with van der Waals surface area (Å²) in [6.07, 6.45) is 0.574. The third-order valence-electron chi connectivity index (χ3n) is 2.99. The van der Waals surface area contributed by atoms with Crippen LogP contribution in [0.5, 0.6) is 0 Å². The zero-order valence-electron chi connectivity index (χ0n) is 10.6. The smallest absolute Gasteiger partial charge is 0.225 e. The SMILES string of the molecule is CC(C)(C)c1cc(NC(=O)CC2CNC2)n[nH]1. The molecule has 0 aromatic carbocycles. The Bertz CT molecular complexity index is 401. The lowest BCUT2D eigenvalue weighted by molar-refractivity contribution is -0.117. The van der Waals surface area contributed by atoms with Gasteiger partial charge in [-0.3, -0.25) is 9.89 Å². The molecule has 0 bridgehead atoms. The first-order valence-corrected chi connectivity index (χ1v) is 6.01. The zero-order valence-corrected chi connectivity index (χ0v) is 10.6. The van der Waals surface area contributed by atoms with Gasteiger partial charge in [0.2, 0.25) is 5.91 Å². The van der Waals surface area contributed by atoms with E-state index in [2.05, 4.69) is 41.6 Å². The van der Waals surface area contributed by atoms with Gasteiger partial charge in [-0.25, -0.2) is 0 Å². The van der Waals surface area contributed by atoms with Crippen LogP contribution >= 0.6 is 0 Å². The highest BCUT2D eigenvalue weighted by Crippen LogP contribution is 2.22. The van der Waals surface area contributed by atoms with E-state index in [1.54, 1.807) is 0 Å². The van der Waals surface area contributed by atoms with Crippen LogP contribution in [0.25, 0.3) is 0 Å². The summed E-state index contributed by atoms with van der Waals surface area (Å²) in [5, 5.41) is 13.0. The van der Waals surface area contributed by atoms with Crippen LogP contribution in [0.4, 0.5) is 5.82 Å². The molecule has 5 nitrogen and oxygen atoms in total. The molecule has 2 rings (SSSR count). The third-order valence-corrected chi connectivity index (χ3v) is 2.99. The Labute approximate surface area is 101 Å². The van der Waals surface area contributed by atoms with E-state index in [1.807, 2.05) is 6.07 Å². The van der Waals surface area contributed by atoms with Crippen molar-refractivity contribution in [1.82, 2.24) is 15.5 Å². The number of carbonyl (C=O) groups is 1. The average Bonchev–Trinajstić information content (AvgIpc) is 2.59. The minimum absolute atomic E-state index is 0.0217. The molecule has 1 aromatic heterocycles. The fourth-order valence-corrected chi connectivity index (χ4v) is 1.72. The molecular formula is C12H20N4O. The van der Waals surface area contributed by atoms with Gasteiger partial charge in [0.05, 0.1) is 0 Å². The Morgan fingerprint density at radius 2 is 2.24 bits per heavy atom. The van der Waals surface area contributed by atoms with Gasteiger partial charge in [-0.15, -0.1) is 0 Å². The molecule has 3 N–H and O–H groups in total. The van der Waals surface area contributed by atoms with E-state index in [4.69, 9.17) is 0 Å². The molecular weight excluding hydrogens is 216 g/mol. The number of nitrogens with one attached hydrogen (secondary N) is 3. The molecule has 0 saturated carbocycles. The minimum Gasteiger partial charge on any atom is -0.316 e. The molecule has 2 heterocycles. The summed E-state index contributed by atoms with van der Waals surface area (Å²) in [7, 11) is 0. The topological polar surface area (TPSA) is 69.8 Å². The zero-order chi connectivity index (χ0) is 12.5. The molecule has 0 atom stereocenters. The van der Waals surface area contributed by atoms with E-state index in [0.717, 1.165) is 18.8 Å². The number of anilines is 1. The molecule has 1 aliphatic heterocycles. The molecule has 0 spiro atoms. The molecule has 1 aliphatic rings. The highest BCUT2D eigenvalue weighted by atomic mass is 16.1. The van der Waals surface area contributed by atoms with Crippen molar-refractivity contribution in [1.29, 1.82) is 0 Å². The van der Waals surface area contributed by atoms with E-state index >= 15 is 0 Å². The highest BCUT2D eigenvalue weighted by Gasteiger charge is 2.21. The van der Waals surface area contributed by atoms with Gasteiger partial charge >= 0.3 is 0 Å². The van der Waals surface area contributed by atoms with Gasteiger partial charge in [-0.1, -0.05) is 20.8 Å². The van der Waals surface area contributed by atoms with Crippen molar-refractivity contribution in [3.63, 3.8) is 0 Å². The molecule has 0 unspecified atom stereocenters. The lowest BCUT2D eigenvalue weighted by Crippen LogP contribution is -2.43. The molecule has 0 radical (unpaired) electrons. The predicted molar refractivity (Wildman–Crippen MR) is 66.9 cm³/mol. The van der Waals surface area contributed by atoms with E-state index in [1.165, 1.54) is 0 Å². The van der Waals surface area contributed by atoms with Crippen LogP contribution in [0.15, 0.2) is 6.07 Å². The third kappa shape index (κ3) is 3.06. The summed E-state index contributed by atoms with van der Waals surface area (Å²) in [6.45, 7) is 8.20. The maximum absolute atomic E-state index is 11.7. The standard InChI is InChI=1S/C12H20N4O/c1-12(2,3)9-5-10(16-15-9)14-11(17)4-8-6-13-7-8/h5,8,13H,4,6-7H2,1-3H3,(H2,14,15,16,17). The maximum Gasteiger partial charge on any atom is 0.225 e. The second-order valence-electron chi connectivity index (χ2n) is 5.69. The van der Waals surface area contributed by atoms with Gasteiger partial charge in [0.25, 0.3) is 0 Å². The number of hydrogen-bond acceptors (Lipinski definition) is 3. The second-order valence-corrected chi connectivity index (χ2v) is 5.69. The van der Waals surface area contributed by atoms with Crippen molar-refractivity contribution in [2.75, 3.05) is 18.4 Å². The van der Waals surface area contributed by atoms with Crippen LogP contribution in [0, 0.1) is 5.92 Å². The number of nitrogens with zero attached hydrogens (tertiary/aromatic N) is 1. The average molecular weight is 236 g/mol. The van der Waals surface area contributed by atoms with E-state index < -0.39 is 0 Å². The lowest BCUT2D eigenvalue weighted by atomic mass is 9.92. The molecule has 0 aliphatic carbocycles. The van der Waals surface area contributed by atoms with Crippen LogP contribution < -0.4 is 10.6 Å². The maximum atomic E-state index is 11.7. The van der Waals surface area contributed by atoms with Gasteiger partial charge in [0.1, 0.15) is 0 Å². The Kier molecular flexibility index (Phi) is 3.19. The Hall–Kier alpha value is -1.36. The summed E-state index contributed by atoms with van der Waals surface area (Å²) < 4.78 is 0. The normalized spacial score (nSPS) is 16.6. The van der Waals surface area contributed by atoms with E-state index in [9.17, 15) is 4.79 Å². The summed E-state index contributed by atoms with van der Waals surface area (Å²) in [4.78, 5) is 11.7. The molecule has 1 aromatic rings. The molecule has 94 valence electrons. The summed E-state index contributed by atoms with van der Waals surface area (Å²) in [5.41, 5.74) is 1.05. The van der Waals surface area contributed by atoms with E-state index in [-0.39, 0.29) is 11.3 Å². The number of amides is 1. The van der Waals surface area contributed by atoms with Gasteiger partial charge in [-0.05, 0) is 19.0 Å². The minimum atomic E-state index is 0.0217. The molecule has 1 saturated heterocycles. The molecule has 1 amide bonds. The number of H-pyrrole nitrogens is 1. The van der Waals surface area contributed by atoms with Crippen molar-refractivity contribution >= 4 is 11.7 Å². The second kappa shape index (κ2) is 4.49. The predicted octanol–water partition coefficient (Wildman–Crippen LogP) is 1.26. The van der Waals surface area contributed by atoms with Crippen molar-refractivity contribution in [3.05, 3.63) is 11.8 Å². The van der Waals surface area contributed by atoms with Crippen LogP contribution in [0.1, 0.15) is 32.9 Å². The number of carbonyl (C=O) groups excluding carboxylic acids is 1. The van der Waals surface area contributed by atoms with Crippen LogP contribution in [-0.4, -0.2) is 29.2 Å². The Morgan fingerprint density at radius 3 is 2.71 bits per heavy atom. The molecule has 17 heavy (non-hydrogen) atoms. The monoisotopic (exact) mass is 236 g/mol. The quantitative estimate of drug-likeness (QED) is 0.740. The first-order chi connectivity index (χ1) is 7.95. The first-order valence-electron chi connectivity index (χ1n) is 6.01. The summed E-state index contributed by atoms with van der Waals surface area (Å²) in [5.74, 6) is 1.15. The van der Waals surface area contributed by atoms with Crippen molar-refractivity contribution < 1.29 is 4.79 Å². The van der Waals surface area contributed by atoms with Gasteiger partial charge < -0.3 is 10.6 Å². The largest absolute Gasteiger partial charge is 0.316 e. The highest BCUT2D eigenvalue weighted by molar-refractivity contribution is 5.90. The Balaban J connectivity index is 1.89. The van der Waals surface area contributed by atoms with Crippen molar-refractivity contribution in [3.8, 4) is 0 Å². The fraction of sp³-hybridized carbons (Fsp3) is 0.667. The number of rotatable bonds is 3. The molecule has 1 fully saturated rings. The van der Waals surface area contributed by atoms with Crippen LogP contribution in [0.3, 0.4) is 0 Å². The summed E-state index contributed by atoms with van der Waals surface area (Å²) in [6, 6.07) is 1.90. The van der Waals surface area contributed by atoms with Crippen LogP contribution in [-0.2, 0) is 10.2 Å². The van der Waals surface area contributed by atoms with Gasteiger partial charge in [0.15, 0.2) is 5.82 Å². The van der Waals surface area contributed by atoms with E-state index in [0.29, 0.717) is 18.2 Å². The van der Waals surface area contributed by atoms with Crippen molar-refractivity contribution in [2.45, 2.75) is 32.6 Å². The Morgan fingerprint density at radius 1 is 1.53 bits per heavy atom. The van der Waals surface area contributed by atoms with Crippen molar-refractivity contribution in [2.24, 2.45) is 5.92 Å². The van der Waals surface area contributed by atoms with Gasteiger partial charge in [0, 0.05) is 23.6 Å². The molecule has 5 heteroatoms.